The van der Waals surface area contributed by atoms with Crippen molar-refractivity contribution in [2.45, 2.75) is 36.6 Å². The number of benzene rings is 2. The molecule has 0 aliphatic heterocycles. The second-order valence-electron chi connectivity index (χ2n) is 6.15. The lowest BCUT2D eigenvalue weighted by molar-refractivity contribution is -0.115. The molecule has 2 N–H and O–H groups in total. The first kappa shape index (κ1) is 15.3. The van der Waals surface area contributed by atoms with E-state index in [9.17, 15) is 4.79 Å². The molecule has 0 radical (unpaired) electrons. The number of imidazole rings is 1. The molecule has 1 aliphatic rings. The number of anilines is 1. The molecule has 0 saturated heterocycles. The number of nitrogens with zero attached hydrogens (tertiary/aromatic N) is 1. The number of aryl methyl sites for hydroxylation is 2. The number of para-hydroxylation sites is 2. The second kappa shape index (κ2) is 6.32. The molecule has 1 aromatic heterocycles. The van der Waals surface area contributed by atoms with Crippen LogP contribution >= 0.6 is 11.8 Å². The lowest BCUT2D eigenvalue weighted by Crippen LogP contribution is -2.22. The van der Waals surface area contributed by atoms with Crippen molar-refractivity contribution in [1.82, 2.24) is 9.97 Å². The van der Waals surface area contributed by atoms with Crippen LogP contribution in [0.25, 0.3) is 11.0 Å². The summed E-state index contributed by atoms with van der Waals surface area (Å²) in [6.45, 7) is 1.90. The highest BCUT2D eigenvalue weighted by molar-refractivity contribution is 8.00. The molecule has 5 heteroatoms. The Morgan fingerprint density at radius 3 is 2.92 bits per heavy atom. The van der Waals surface area contributed by atoms with E-state index in [-0.39, 0.29) is 11.2 Å². The Balaban J connectivity index is 1.44. The van der Waals surface area contributed by atoms with Crippen molar-refractivity contribution in [1.29, 1.82) is 0 Å². The van der Waals surface area contributed by atoms with Crippen LogP contribution in [0, 0.1) is 0 Å². The number of nitrogens with one attached hydrogen (secondary N) is 2. The van der Waals surface area contributed by atoms with Gasteiger partial charge in [0.1, 0.15) is 0 Å². The molecular weight excluding hydrogens is 318 g/mol. The average molecular weight is 337 g/mol. The van der Waals surface area contributed by atoms with E-state index in [2.05, 4.69) is 27.4 Å². The molecule has 1 heterocycles. The van der Waals surface area contributed by atoms with Gasteiger partial charge in [0.15, 0.2) is 5.16 Å². The van der Waals surface area contributed by atoms with Crippen molar-refractivity contribution < 1.29 is 4.79 Å². The maximum Gasteiger partial charge on any atom is 0.237 e. The SMILES string of the molecule is CC(Sc1nc2ccccc2[nH]1)C(=O)Nc1ccc2c(c1)CCC2. The number of amides is 1. The maximum atomic E-state index is 12.5. The molecule has 3 aromatic rings. The van der Waals surface area contributed by atoms with E-state index in [1.807, 2.05) is 37.3 Å². The fourth-order valence-corrected chi connectivity index (χ4v) is 3.92. The summed E-state index contributed by atoms with van der Waals surface area (Å²) >= 11 is 1.44. The first-order valence-electron chi connectivity index (χ1n) is 8.23. The van der Waals surface area contributed by atoms with Crippen LogP contribution in [0.3, 0.4) is 0 Å². The van der Waals surface area contributed by atoms with E-state index in [0.717, 1.165) is 34.7 Å². The van der Waals surface area contributed by atoms with Crippen molar-refractivity contribution in [3.63, 3.8) is 0 Å². The average Bonchev–Trinajstić information content (AvgIpc) is 3.19. The highest BCUT2D eigenvalue weighted by Gasteiger charge is 2.18. The van der Waals surface area contributed by atoms with Gasteiger partial charge in [-0.25, -0.2) is 4.98 Å². The van der Waals surface area contributed by atoms with Crippen molar-refractivity contribution in [3.05, 3.63) is 53.6 Å². The number of hydrogen-bond acceptors (Lipinski definition) is 3. The summed E-state index contributed by atoms with van der Waals surface area (Å²) in [5.74, 6) is -0.00148. The molecule has 0 bridgehead atoms. The number of H-pyrrole nitrogens is 1. The summed E-state index contributed by atoms with van der Waals surface area (Å²) in [4.78, 5) is 20.2. The van der Waals surface area contributed by atoms with Crippen LogP contribution in [-0.2, 0) is 17.6 Å². The molecule has 2 aromatic carbocycles. The highest BCUT2D eigenvalue weighted by Crippen LogP contribution is 2.27. The summed E-state index contributed by atoms with van der Waals surface area (Å²) in [6.07, 6.45) is 3.48. The fraction of sp³-hybridized carbons (Fsp3) is 0.263. The van der Waals surface area contributed by atoms with E-state index in [1.165, 1.54) is 29.3 Å². The molecular formula is C19H19N3OS. The molecule has 1 amide bonds. The first-order chi connectivity index (χ1) is 11.7. The largest absolute Gasteiger partial charge is 0.333 e. The predicted molar refractivity (Wildman–Crippen MR) is 98.5 cm³/mol. The van der Waals surface area contributed by atoms with Crippen LogP contribution in [0.4, 0.5) is 5.69 Å². The maximum absolute atomic E-state index is 12.5. The van der Waals surface area contributed by atoms with Crippen molar-refractivity contribution in [2.75, 3.05) is 5.32 Å². The van der Waals surface area contributed by atoms with Crippen molar-refractivity contribution in [2.24, 2.45) is 0 Å². The van der Waals surface area contributed by atoms with Gasteiger partial charge in [-0.2, -0.15) is 0 Å². The molecule has 4 rings (SSSR count). The Kier molecular flexibility index (Phi) is 4.02. The standard InChI is InChI=1S/C19H19N3OS/c1-12(24-19-21-16-7-2-3-8-17(16)22-19)18(23)20-15-10-9-13-5-4-6-14(13)11-15/h2-3,7-12H,4-6H2,1H3,(H,20,23)(H,21,22). The Morgan fingerprint density at radius 2 is 2.04 bits per heavy atom. The minimum Gasteiger partial charge on any atom is -0.333 e. The lowest BCUT2D eigenvalue weighted by Gasteiger charge is -2.11. The normalized spacial score (nSPS) is 14.5. The van der Waals surface area contributed by atoms with Crippen molar-refractivity contribution >= 4 is 34.4 Å². The van der Waals surface area contributed by atoms with Gasteiger partial charge < -0.3 is 10.3 Å². The number of carbonyl (C=O) groups is 1. The summed E-state index contributed by atoms with van der Waals surface area (Å²) in [7, 11) is 0. The molecule has 122 valence electrons. The highest BCUT2D eigenvalue weighted by atomic mass is 32.2. The van der Waals surface area contributed by atoms with Gasteiger partial charge in [0.2, 0.25) is 5.91 Å². The monoisotopic (exact) mass is 337 g/mol. The van der Waals surface area contributed by atoms with Gasteiger partial charge in [0.05, 0.1) is 16.3 Å². The molecule has 24 heavy (non-hydrogen) atoms. The van der Waals surface area contributed by atoms with Gasteiger partial charge in [-0.15, -0.1) is 0 Å². The van der Waals surface area contributed by atoms with Gasteiger partial charge in [-0.05, 0) is 61.6 Å². The van der Waals surface area contributed by atoms with E-state index < -0.39 is 0 Å². The number of fused-ring (bicyclic) bond motifs is 2. The van der Waals surface area contributed by atoms with Crippen LogP contribution in [0.5, 0.6) is 0 Å². The Bertz CT molecular complexity index is 870. The Hall–Kier alpha value is -2.27. The second-order valence-corrected chi connectivity index (χ2v) is 7.47. The van der Waals surface area contributed by atoms with Crippen LogP contribution in [0.2, 0.25) is 0 Å². The van der Waals surface area contributed by atoms with Gasteiger partial charge in [0.25, 0.3) is 0 Å². The zero-order valence-electron chi connectivity index (χ0n) is 13.5. The summed E-state index contributed by atoms with van der Waals surface area (Å²) in [5, 5.41) is 3.57. The molecule has 1 aliphatic carbocycles. The number of aromatic nitrogens is 2. The number of carbonyl (C=O) groups excluding carboxylic acids is 1. The summed E-state index contributed by atoms with van der Waals surface area (Å²) in [6, 6.07) is 14.1. The summed E-state index contributed by atoms with van der Waals surface area (Å²) < 4.78 is 0. The van der Waals surface area contributed by atoms with Crippen molar-refractivity contribution in [3.8, 4) is 0 Å². The first-order valence-corrected chi connectivity index (χ1v) is 9.11. The quantitative estimate of drug-likeness (QED) is 0.703. The fourth-order valence-electron chi connectivity index (χ4n) is 3.10. The predicted octanol–water partition coefficient (Wildman–Crippen LogP) is 4.17. The van der Waals surface area contributed by atoms with E-state index >= 15 is 0 Å². The minimum atomic E-state index is -0.223. The van der Waals surface area contributed by atoms with Crippen LogP contribution in [-0.4, -0.2) is 21.1 Å². The van der Waals surface area contributed by atoms with Gasteiger partial charge in [-0.3, -0.25) is 4.79 Å². The topological polar surface area (TPSA) is 57.8 Å². The minimum absolute atomic E-state index is 0.00148. The van der Waals surface area contributed by atoms with E-state index in [4.69, 9.17) is 0 Å². The van der Waals surface area contributed by atoms with Crippen LogP contribution in [0.15, 0.2) is 47.6 Å². The van der Waals surface area contributed by atoms with Crippen LogP contribution in [0.1, 0.15) is 24.5 Å². The van der Waals surface area contributed by atoms with Gasteiger partial charge in [-0.1, -0.05) is 30.0 Å². The Morgan fingerprint density at radius 1 is 1.21 bits per heavy atom. The van der Waals surface area contributed by atoms with Crippen LogP contribution < -0.4 is 5.32 Å². The zero-order valence-corrected chi connectivity index (χ0v) is 14.3. The number of rotatable bonds is 4. The van der Waals surface area contributed by atoms with Gasteiger partial charge >= 0.3 is 0 Å². The third-order valence-corrected chi connectivity index (χ3v) is 5.38. The third kappa shape index (κ3) is 3.04. The molecule has 1 atom stereocenters. The Labute approximate surface area is 145 Å². The molecule has 4 nitrogen and oxygen atoms in total. The van der Waals surface area contributed by atoms with E-state index in [0.29, 0.717) is 0 Å². The lowest BCUT2D eigenvalue weighted by atomic mass is 10.1. The molecule has 1 unspecified atom stereocenters. The van der Waals surface area contributed by atoms with Gasteiger partial charge in [0, 0.05) is 5.69 Å². The number of hydrogen-bond donors (Lipinski definition) is 2. The van der Waals surface area contributed by atoms with E-state index in [1.54, 1.807) is 0 Å². The summed E-state index contributed by atoms with van der Waals surface area (Å²) in [5.41, 5.74) is 5.58. The molecule has 0 fully saturated rings. The number of aromatic amines is 1. The molecule has 0 saturated carbocycles. The number of thioether (sulfide) groups is 1. The smallest absolute Gasteiger partial charge is 0.237 e. The zero-order chi connectivity index (χ0) is 16.5. The third-order valence-electron chi connectivity index (χ3n) is 4.39. The molecule has 0 spiro atoms.